The summed E-state index contributed by atoms with van der Waals surface area (Å²) >= 11 is 0. The lowest BCUT2D eigenvalue weighted by atomic mass is 10.5. The Kier molecular flexibility index (Phi) is 5.39. The van der Waals surface area contributed by atoms with Gasteiger partial charge in [0, 0.05) is 6.54 Å². The van der Waals surface area contributed by atoms with Gasteiger partial charge in [-0.05, 0) is 7.05 Å². The maximum atomic E-state index is 8.18. The van der Waals surface area contributed by atoms with Crippen LogP contribution in [0.25, 0.3) is 0 Å². The Hall–Kier alpha value is -0.340. The van der Waals surface area contributed by atoms with Crippen molar-refractivity contribution in [3.05, 3.63) is 12.2 Å². The van der Waals surface area contributed by atoms with Crippen LogP contribution in [-0.2, 0) is 0 Å². The smallest absolute Gasteiger partial charge is 0.0612 e. The van der Waals surface area contributed by atoms with E-state index in [0.29, 0.717) is 0 Å². The van der Waals surface area contributed by atoms with Gasteiger partial charge >= 0.3 is 0 Å². The normalized spacial score (nSPS) is 10.6. The molecule has 0 spiro atoms. The molecule has 0 bridgehead atoms. The van der Waals surface area contributed by atoms with Crippen LogP contribution in [0.2, 0.25) is 0 Å². The molecule has 0 aromatic heterocycles. The van der Waals surface area contributed by atoms with E-state index in [1.807, 2.05) is 13.1 Å². The first-order chi connectivity index (χ1) is 3.41. The molecular weight excluding hydrogens is 90.1 g/mol. The molecule has 2 nitrogen and oxygen atoms in total. The van der Waals surface area contributed by atoms with Crippen molar-refractivity contribution in [2.24, 2.45) is 0 Å². The van der Waals surface area contributed by atoms with Gasteiger partial charge in [0.1, 0.15) is 0 Å². The van der Waals surface area contributed by atoms with Gasteiger partial charge in [-0.2, -0.15) is 0 Å². The van der Waals surface area contributed by atoms with Gasteiger partial charge in [0.15, 0.2) is 0 Å². The number of nitrogens with one attached hydrogen (secondary N) is 1. The zero-order chi connectivity index (χ0) is 5.54. The van der Waals surface area contributed by atoms with Crippen molar-refractivity contribution in [3.8, 4) is 0 Å². The largest absolute Gasteiger partial charge is 0.392 e. The van der Waals surface area contributed by atoms with Crippen LogP contribution in [0.5, 0.6) is 0 Å². The summed E-state index contributed by atoms with van der Waals surface area (Å²) in [5.74, 6) is 0. The van der Waals surface area contributed by atoms with Crippen LogP contribution in [0.15, 0.2) is 12.2 Å². The molecule has 0 aliphatic heterocycles. The van der Waals surface area contributed by atoms with Crippen LogP contribution in [0.3, 0.4) is 0 Å². The summed E-state index contributed by atoms with van der Waals surface area (Å²) < 4.78 is 0. The van der Waals surface area contributed by atoms with Gasteiger partial charge in [-0.15, -0.1) is 0 Å². The molecule has 2 N–H and O–H groups in total. The highest BCUT2D eigenvalue weighted by Gasteiger charge is 1.65. The molecule has 0 aliphatic rings. The molecule has 2 heteroatoms. The van der Waals surface area contributed by atoms with Crippen molar-refractivity contribution in [2.45, 2.75) is 0 Å². The summed E-state index contributed by atoms with van der Waals surface area (Å²) in [6.45, 7) is 0.974. The summed E-state index contributed by atoms with van der Waals surface area (Å²) in [5.41, 5.74) is 0. The molecule has 0 amide bonds. The van der Waals surface area contributed by atoms with E-state index in [2.05, 4.69) is 5.32 Å². The van der Waals surface area contributed by atoms with Gasteiger partial charge in [-0.1, -0.05) is 12.2 Å². The molecule has 42 valence electrons. The molecule has 7 heavy (non-hydrogen) atoms. The molecule has 0 atom stereocenters. The van der Waals surface area contributed by atoms with E-state index >= 15 is 0 Å². The van der Waals surface area contributed by atoms with E-state index in [-0.39, 0.29) is 6.61 Å². The van der Waals surface area contributed by atoms with Gasteiger partial charge < -0.3 is 10.4 Å². The Bertz CT molecular complexity index is 52.0. The standard InChI is InChI=1S/C5H11NO/c1-6-4-2-3-5-7/h2-3,6-7H,4-5H2,1H3. The molecule has 0 aromatic carbocycles. The zero-order valence-electron chi connectivity index (χ0n) is 4.52. The molecule has 0 saturated carbocycles. The first-order valence-electron chi connectivity index (χ1n) is 2.32. The van der Waals surface area contributed by atoms with Crippen molar-refractivity contribution < 1.29 is 5.11 Å². The monoisotopic (exact) mass is 101 g/mol. The fourth-order valence-electron chi connectivity index (χ4n) is 0.276. The first kappa shape index (κ1) is 6.66. The average Bonchev–Trinajstić information content (AvgIpc) is 1.69. The Balaban J connectivity index is 2.78. The fourth-order valence-corrected chi connectivity index (χ4v) is 0.276. The lowest BCUT2D eigenvalue weighted by Crippen LogP contribution is -2.03. The predicted molar refractivity (Wildman–Crippen MR) is 30.2 cm³/mol. The van der Waals surface area contributed by atoms with Crippen molar-refractivity contribution in [1.29, 1.82) is 0 Å². The molecule has 0 unspecified atom stereocenters. The fraction of sp³-hybridized carbons (Fsp3) is 0.600. The van der Waals surface area contributed by atoms with Crippen LogP contribution in [0.4, 0.5) is 0 Å². The van der Waals surface area contributed by atoms with E-state index in [0.717, 1.165) is 6.54 Å². The zero-order valence-corrected chi connectivity index (χ0v) is 4.52. The van der Waals surface area contributed by atoms with Crippen LogP contribution >= 0.6 is 0 Å². The molecule has 0 radical (unpaired) electrons. The summed E-state index contributed by atoms with van der Waals surface area (Å²) in [5, 5.41) is 11.1. The van der Waals surface area contributed by atoms with E-state index in [1.54, 1.807) is 6.08 Å². The number of aliphatic hydroxyl groups excluding tert-OH is 1. The van der Waals surface area contributed by atoms with Crippen molar-refractivity contribution in [1.82, 2.24) is 5.32 Å². The molecule has 0 fully saturated rings. The van der Waals surface area contributed by atoms with Crippen molar-refractivity contribution in [2.75, 3.05) is 20.2 Å². The minimum atomic E-state index is 0.141. The molecule has 0 saturated heterocycles. The second-order valence-corrected chi connectivity index (χ2v) is 1.21. The second-order valence-electron chi connectivity index (χ2n) is 1.21. The Morgan fingerprint density at radius 3 is 2.71 bits per heavy atom. The molecule has 0 rings (SSSR count). The van der Waals surface area contributed by atoms with Crippen LogP contribution in [0.1, 0.15) is 0 Å². The third kappa shape index (κ3) is 5.66. The van der Waals surface area contributed by atoms with Gasteiger partial charge in [-0.25, -0.2) is 0 Å². The minimum absolute atomic E-state index is 0.141. The summed E-state index contributed by atoms with van der Waals surface area (Å²) in [7, 11) is 1.86. The SMILES string of the molecule is CNCC=CCO. The van der Waals surface area contributed by atoms with Gasteiger partial charge in [0.05, 0.1) is 6.61 Å². The summed E-state index contributed by atoms with van der Waals surface area (Å²) in [6.07, 6.45) is 3.58. The third-order valence-electron chi connectivity index (χ3n) is 0.594. The van der Waals surface area contributed by atoms with E-state index in [1.165, 1.54) is 0 Å². The second kappa shape index (κ2) is 5.66. The maximum Gasteiger partial charge on any atom is 0.0612 e. The predicted octanol–water partition coefficient (Wildman–Crippen LogP) is -0.246. The molecule has 0 aliphatic carbocycles. The van der Waals surface area contributed by atoms with E-state index < -0.39 is 0 Å². The highest BCUT2D eigenvalue weighted by Crippen LogP contribution is 1.64. The van der Waals surface area contributed by atoms with Gasteiger partial charge in [0.2, 0.25) is 0 Å². The van der Waals surface area contributed by atoms with Crippen LogP contribution in [0, 0.1) is 0 Å². The van der Waals surface area contributed by atoms with Gasteiger partial charge in [-0.3, -0.25) is 0 Å². The first-order valence-corrected chi connectivity index (χ1v) is 2.32. The van der Waals surface area contributed by atoms with Crippen LogP contribution in [-0.4, -0.2) is 25.3 Å². The minimum Gasteiger partial charge on any atom is -0.392 e. The van der Waals surface area contributed by atoms with Crippen molar-refractivity contribution in [3.63, 3.8) is 0 Å². The quantitative estimate of drug-likeness (QED) is 0.481. The van der Waals surface area contributed by atoms with Crippen LogP contribution < -0.4 is 5.32 Å². The maximum absolute atomic E-state index is 8.18. The third-order valence-corrected chi connectivity index (χ3v) is 0.594. The Labute approximate surface area is 43.9 Å². The Morgan fingerprint density at radius 1 is 1.57 bits per heavy atom. The number of likely N-dealkylation sites (N-methyl/N-ethyl adjacent to an activating group) is 1. The number of hydrogen-bond acceptors (Lipinski definition) is 2. The van der Waals surface area contributed by atoms with E-state index in [9.17, 15) is 0 Å². The molecule has 0 aromatic rings. The molecule has 0 heterocycles. The highest BCUT2D eigenvalue weighted by atomic mass is 16.2. The molecular formula is C5H11NO. The lowest BCUT2D eigenvalue weighted by Gasteiger charge is -1.83. The number of hydrogen-bond donors (Lipinski definition) is 2. The topological polar surface area (TPSA) is 32.3 Å². The summed E-state index contributed by atoms with van der Waals surface area (Å²) in [4.78, 5) is 0. The summed E-state index contributed by atoms with van der Waals surface area (Å²) in [6, 6.07) is 0. The Morgan fingerprint density at radius 2 is 2.29 bits per heavy atom. The average molecular weight is 101 g/mol. The number of aliphatic hydroxyl groups is 1. The highest BCUT2D eigenvalue weighted by molar-refractivity contribution is 4.81. The van der Waals surface area contributed by atoms with E-state index in [4.69, 9.17) is 5.11 Å². The van der Waals surface area contributed by atoms with Crippen molar-refractivity contribution >= 4 is 0 Å². The number of rotatable bonds is 3. The van der Waals surface area contributed by atoms with Gasteiger partial charge in [0.25, 0.3) is 0 Å². The lowest BCUT2D eigenvalue weighted by molar-refractivity contribution is 0.342.